The van der Waals surface area contributed by atoms with Crippen LogP contribution < -0.4 is 0 Å². The number of hydrogen-bond donors (Lipinski definition) is 0. The first-order valence-electron chi connectivity index (χ1n) is 8.50. The predicted molar refractivity (Wildman–Crippen MR) is 92.8 cm³/mol. The zero-order valence-electron chi connectivity index (χ0n) is 13.7. The average molecular weight is 334 g/mol. The topological polar surface area (TPSA) is 65.2 Å². The molecule has 126 valence electrons. The number of esters is 1. The van der Waals surface area contributed by atoms with Gasteiger partial charge in [-0.2, -0.15) is 0 Å². The van der Waals surface area contributed by atoms with Crippen molar-refractivity contribution in [3.05, 3.63) is 60.2 Å². The molecule has 3 aromatic rings. The number of benzene rings is 2. The van der Waals surface area contributed by atoms with E-state index in [2.05, 4.69) is 10.2 Å². The van der Waals surface area contributed by atoms with Gasteiger partial charge in [0, 0.05) is 5.56 Å². The summed E-state index contributed by atoms with van der Waals surface area (Å²) in [5.41, 5.74) is 1.89. The van der Waals surface area contributed by atoms with Crippen LogP contribution in [0.1, 0.15) is 36.0 Å². The first-order valence-corrected chi connectivity index (χ1v) is 8.50. The highest BCUT2D eigenvalue weighted by Crippen LogP contribution is 2.28. The van der Waals surface area contributed by atoms with Gasteiger partial charge in [0.2, 0.25) is 11.8 Å². The fourth-order valence-electron chi connectivity index (χ4n) is 3.10. The van der Waals surface area contributed by atoms with Gasteiger partial charge >= 0.3 is 5.97 Å². The molecule has 1 aliphatic carbocycles. The Kier molecular flexibility index (Phi) is 4.29. The van der Waals surface area contributed by atoms with Crippen molar-refractivity contribution < 1.29 is 13.9 Å². The van der Waals surface area contributed by atoms with Crippen LogP contribution in [0.25, 0.3) is 22.9 Å². The lowest BCUT2D eigenvalue weighted by atomic mass is 10.1. The minimum absolute atomic E-state index is 0.0168. The molecule has 1 saturated carbocycles. The molecule has 1 aromatic heterocycles. The first kappa shape index (κ1) is 15.6. The number of carbonyl (C=O) groups is 1. The van der Waals surface area contributed by atoms with E-state index in [0.717, 1.165) is 31.2 Å². The SMILES string of the molecule is O=C(OC1CCCC1)c1ccccc1-c1nnc(-c2ccccc2)o1. The highest BCUT2D eigenvalue weighted by atomic mass is 16.5. The summed E-state index contributed by atoms with van der Waals surface area (Å²) in [6.45, 7) is 0. The van der Waals surface area contributed by atoms with Gasteiger partial charge < -0.3 is 9.15 Å². The number of ether oxygens (including phenoxy) is 1. The Labute approximate surface area is 145 Å². The van der Waals surface area contributed by atoms with E-state index >= 15 is 0 Å². The molecule has 1 fully saturated rings. The molecule has 0 unspecified atom stereocenters. The van der Waals surface area contributed by atoms with Crippen molar-refractivity contribution in [3.63, 3.8) is 0 Å². The van der Waals surface area contributed by atoms with Crippen LogP contribution in [0, 0.1) is 0 Å². The number of rotatable bonds is 4. The van der Waals surface area contributed by atoms with Crippen LogP contribution in [0.5, 0.6) is 0 Å². The zero-order chi connectivity index (χ0) is 17.1. The van der Waals surface area contributed by atoms with Gasteiger partial charge in [0.1, 0.15) is 6.10 Å². The fourth-order valence-corrected chi connectivity index (χ4v) is 3.10. The second-order valence-corrected chi connectivity index (χ2v) is 6.14. The van der Waals surface area contributed by atoms with E-state index in [4.69, 9.17) is 9.15 Å². The van der Waals surface area contributed by atoms with Crippen molar-refractivity contribution in [2.75, 3.05) is 0 Å². The van der Waals surface area contributed by atoms with Crippen LogP contribution in [0.15, 0.2) is 59.0 Å². The normalized spacial score (nSPS) is 14.6. The van der Waals surface area contributed by atoms with Gasteiger partial charge in [0.25, 0.3) is 0 Å². The van der Waals surface area contributed by atoms with Crippen molar-refractivity contribution in [1.29, 1.82) is 0 Å². The van der Waals surface area contributed by atoms with Crippen molar-refractivity contribution in [1.82, 2.24) is 10.2 Å². The lowest BCUT2D eigenvalue weighted by molar-refractivity contribution is 0.0318. The second kappa shape index (κ2) is 6.89. The summed E-state index contributed by atoms with van der Waals surface area (Å²) in [5, 5.41) is 8.21. The van der Waals surface area contributed by atoms with E-state index in [1.165, 1.54) is 0 Å². The average Bonchev–Trinajstić information content (AvgIpc) is 3.34. The van der Waals surface area contributed by atoms with Crippen LogP contribution >= 0.6 is 0 Å². The van der Waals surface area contributed by atoms with E-state index < -0.39 is 0 Å². The predicted octanol–water partition coefficient (Wildman–Crippen LogP) is 4.50. The molecule has 1 aliphatic rings. The molecular weight excluding hydrogens is 316 g/mol. The van der Waals surface area contributed by atoms with Crippen molar-refractivity contribution in [2.24, 2.45) is 0 Å². The van der Waals surface area contributed by atoms with Crippen molar-refractivity contribution in [3.8, 4) is 22.9 Å². The molecule has 2 aromatic carbocycles. The van der Waals surface area contributed by atoms with E-state index in [-0.39, 0.29) is 12.1 Å². The molecule has 0 bridgehead atoms. The van der Waals surface area contributed by atoms with Gasteiger partial charge in [-0.1, -0.05) is 30.3 Å². The number of hydrogen-bond acceptors (Lipinski definition) is 5. The third kappa shape index (κ3) is 3.31. The largest absolute Gasteiger partial charge is 0.459 e. The van der Waals surface area contributed by atoms with Crippen LogP contribution in [0.4, 0.5) is 0 Å². The van der Waals surface area contributed by atoms with E-state index in [0.29, 0.717) is 22.9 Å². The quantitative estimate of drug-likeness (QED) is 0.657. The van der Waals surface area contributed by atoms with E-state index in [1.54, 1.807) is 12.1 Å². The van der Waals surface area contributed by atoms with Gasteiger partial charge in [-0.05, 0) is 49.9 Å². The standard InChI is InChI=1S/C20H18N2O3/c23-20(24-15-10-4-5-11-15)17-13-7-6-12-16(17)19-22-21-18(25-19)14-8-2-1-3-9-14/h1-3,6-9,12-13,15H,4-5,10-11H2. The molecule has 0 radical (unpaired) electrons. The lowest BCUT2D eigenvalue weighted by Crippen LogP contribution is -2.15. The lowest BCUT2D eigenvalue weighted by Gasteiger charge is -2.12. The molecule has 5 nitrogen and oxygen atoms in total. The van der Waals surface area contributed by atoms with E-state index in [9.17, 15) is 4.79 Å². The molecule has 0 amide bonds. The first-order chi connectivity index (χ1) is 12.3. The number of carbonyl (C=O) groups excluding carboxylic acids is 1. The van der Waals surface area contributed by atoms with Gasteiger partial charge in [-0.25, -0.2) is 4.79 Å². The van der Waals surface area contributed by atoms with Gasteiger partial charge in [0.15, 0.2) is 0 Å². The van der Waals surface area contributed by atoms with Crippen molar-refractivity contribution >= 4 is 5.97 Å². The molecule has 0 spiro atoms. The van der Waals surface area contributed by atoms with Crippen LogP contribution in [-0.4, -0.2) is 22.3 Å². The molecule has 0 saturated heterocycles. The minimum Gasteiger partial charge on any atom is -0.459 e. The smallest absolute Gasteiger partial charge is 0.339 e. The summed E-state index contributed by atoms with van der Waals surface area (Å²) in [5.74, 6) is 0.411. The maximum absolute atomic E-state index is 12.6. The minimum atomic E-state index is -0.332. The Bertz CT molecular complexity index is 867. The van der Waals surface area contributed by atoms with Gasteiger partial charge in [0.05, 0.1) is 11.1 Å². The highest BCUT2D eigenvalue weighted by Gasteiger charge is 2.23. The Hall–Kier alpha value is -2.95. The Balaban J connectivity index is 1.63. The molecule has 0 aliphatic heterocycles. The van der Waals surface area contributed by atoms with Gasteiger partial charge in [-0.3, -0.25) is 0 Å². The number of nitrogens with zero attached hydrogens (tertiary/aromatic N) is 2. The maximum atomic E-state index is 12.6. The Morgan fingerprint density at radius 2 is 1.60 bits per heavy atom. The summed E-state index contributed by atoms with van der Waals surface area (Å²) in [6.07, 6.45) is 4.12. The summed E-state index contributed by atoms with van der Waals surface area (Å²) in [7, 11) is 0. The van der Waals surface area contributed by atoms with Gasteiger partial charge in [-0.15, -0.1) is 10.2 Å². The molecule has 5 heteroatoms. The zero-order valence-corrected chi connectivity index (χ0v) is 13.7. The maximum Gasteiger partial charge on any atom is 0.339 e. The third-order valence-corrected chi connectivity index (χ3v) is 4.40. The highest BCUT2D eigenvalue weighted by molar-refractivity contribution is 5.96. The summed E-state index contributed by atoms with van der Waals surface area (Å²) in [4.78, 5) is 12.6. The van der Waals surface area contributed by atoms with E-state index in [1.807, 2.05) is 42.5 Å². The Morgan fingerprint density at radius 3 is 2.40 bits per heavy atom. The molecule has 1 heterocycles. The van der Waals surface area contributed by atoms with Crippen LogP contribution in [0.3, 0.4) is 0 Å². The number of aromatic nitrogens is 2. The summed E-state index contributed by atoms with van der Waals surface area (Å²) >= 11 is 0. The second-order valence-electron chi connectivity index (χ2n) is 6.14. The molecule has 25 heavy (non-hydrogen) atoms. The monoisotopic (exact) mass is 334 g/mol. The van der Waals surface area contributed by atoms with Crippen LogP contribution in [0.2, 0.25) is 0 Å². The molecule has 0 N–H and O–H groups in total. The molecule has 4 rings (SSSR count). The van der Waals surface area contributed by atoms with Crippen LogP contribution in [-0.2, 0) is 4.74 Å². The summed E-state index contributed by atoms with van der Waals surface area (Å²) < 4.78 is 11.4. The Morgan fingerprint density at radius 1 is 0.920 bits per heavy atom. The van der Waals surface area contributed by atoms with Crippen molar-refractivity contribution in [2.45, 2.75) is 31.8 Å². The summed E-state index contributed by atoms with van der Waals surface area (Å²) in [6, 6.07) is 16.7. The molecule has 0 atom stereocenters. The third-order valence-electron chi connectivity index (χ3n) is 4.40. The molecular formula is C20H18N2O3. The fraction of sp³-hybridized carbons (Fsp3) is 0.250.